The van der Waals surface area contributed by atoms with E-state index >= 15 is 0 Å². The second kappa shape index (κ2) is 24.0. The molecular weight excluding hydrogens is 874 g/mol. The van der Waals surface area contributed by atoms with E-state index in [0.29, 0.717) is 0 Å². The van der Waals surface area contributed by atoms with Gasteiger partial charge < -0.3 is 125 Å². The van der Waals surface area contributed by atoms with Crippen LogP contribution in [0.15, 0.2) is 0 Å². The minimum atomic E-state index is -2.16. The summed E-state index contributed by atoms with van der Waals surface area (Å²) in [6.45, 7) is -0.618. The molecule has 28 nitrogen and oxygen atoms in total. The molecule has 24 unspecified atom stereocenters. The van der Waals surface area contributed by atoms with Gasteiger partial charge in [0.15, 0.2) is 25.2 Å². The van der Waals surface area contributed by atoms with Gasteiger partial charge >= 0.3 is 0 Å². The second-order valence-electron chi connectivity index (χ2n) is 15.9. The van der Waals surface area contributed by atoms with E-state index in [1.807, 2.05) is 0 Å². The SMILES string of the molecule is CC(=O)NC(CO)C(OC1OC(CO)C(O)C(OC2OC(CO)C(O)C(OC3OC(CO)C(O)C(O)C3NC(C)=O)C2NC(C)=O)C1OC1OC(C)C(O)C(O)C1O)C(O)C(O)CO. The Morgan fingerprint density at radius 3 is 1.53 bits per heavy atom. The van der Waals surface area contributed by atoms with Crippen molar-refractivity contribution in [1.82, 2.24) is 16.0 Å². The molecule has 0 aromatic rings. The van der Waals surface area contributed by atoms with E-state index in [0.717, 1.165) is 20.8 Å². The summed E-state index contributed by atoms with van der Waals surface area (Å²) in [6.07, 6.45) is -39.6. The number of carbonyl (C=O) groups excluding carboxylic acids is 3. The van der Waals surface area contributed by atoms with E-state index in [-0.39, 0.29) is 0 Å². The number of aliphatic hydroxyl groups is 14. The molecule has 0 saturated carbocycles. The Labute approximate surface area is 365 Å². The number of nitrogens with one attached hydrogen (secondary N) is 3. The lowest BCUT2D eigenvalue weighted by Gasteiger charge is -2.51. The van der Waals surface area contributed by atoms with Crippen molar-refractivity contribution in [3.63, 3.8) is 0 Å². The van der Waals surface area contributed by atoms with Crippen LogP contribution < -0.4 is 16.0 Å². The fourth-order valence-electron chi connectivity index (χ4n) is 7.75. The van der Waals surface area contributed by atoms with Crippen LogP contribution in [0.2, 0.25) is 0 Å². The van der Waals surface area contributed by atoms with E-state index in [1.165, 1.54) is 6.92 Å². The molecule has 0 aromatic heterocycles. The molecule has 64 heavy (non-hydrogen) atoms. The Bertz CT molecular complexity index is 1490. The summed E-state index contributed by atoms with van der Waals surface area (Å²) in [7, 11) is 0. The highest BCUT2D eigenvalue weighted by atomic mass is 16.8. The van der Waals surface area contributed by atoms with Gasteiger partial charge in [0.2, 0.25) is 17.7 Å². The zero-order chi connectivity index (χ0) is 47.9. The molecule has 28 heteroatoms. The zero-order valence-corrected chi connectivity index (χ0v) is 35.1. The van der Waals surface area contributed by atoms with Crippen LogP contribution in [0, 0.1) is 0 Å². The van der Waals surface area contributed by atoms with Crippen LogP contribution in [-0.2, 0) is 52.3 Å². The predicted octanol–water partition coefficient (Wildman–Crippen LogP) is -10.8. The molecule has 4 aliphatic heterocycles. The van der Waals surface area contributed by atoms with Crippen molar-refractivity contribution >= 4 is 17.7 Å². The van der Waals surface area contributed by atoms with E-state index in [4.69, 9.17) is 37.9 Å². The molecule has 0 spiro atoms. The number of rotatable bonds is 19. The van der Waals surface area contributed by atoms with Crippen molar-refractivity contribution in [3.05, 3.63) is 0 Å². The van der Waals surface area contributed by atoms with Crippen LogP contribution in [-0.4, -0.2) is 269 Å². The van der Waals surface area contributed by atoms with E-state index in [9.17, 15) is 85.9 Å². The minimum Gasteiger partial charge on any atom is -0.394 e. The highest BCUT2D eigenvalue weighted by molar-refractivity contribution is 5.74. The Hall–Kier alpha value is -2.47. The van der Waals surface area contributed by atoms with Crippen LogP contribution in [0.1, 0.15) is 27.7 Å². The lowest BCUT2D eigenvalue weighted by atomic mass is 9.93. The summed E-state index contributed by atoms with van der Waals surface area (Å²) in [5, 5.41) is 156. The van der Waals surface area contributed by atoms with Crippen LogP contribution in [0.3, 0.4) is 0 Å². The first-order valence-corrected chi connectivity index (χ1v) is 20.4. The normalized spacial score (nSPS) is 42.5. The van der Waals surface area contributed by atoms with Crippen molar-refractivity contribution in [1.29, 1.82) is 0 Å². The molecule has 0 aliphatic carbocycles. The van der Waals surface area contributed by atoms with E-state index in [2.05, 4.69) is 16.0 Å². The van der Waals surface area contributed by atoms with Crippen molar-refractivity contribution in [3.8, 4) is 0 Å². The lowest BCUT2D eigenvalue weighted by molar-refractivity contribution is -0.394. The predicted molar refractivity (Wildman–Crippen MR) is 202 cm³/mol. The van der Waals surface area contributed by atoms with Gasteiger partial charge in [0.1, 0.15) is 110 Å². The first-order valence-electron chi connectivity index (χ1n) is 20.4. The van der Waals surface area contributed by atoms with Gasteiger partial charge in [0, 0.05) is 20.8 Å². The Morgan fingerprint density at radius 2 is 1.02 bits per heavy atom. The largest absolute Gasteiger partial charge is 0.394 e. The van der Waals surface area contributed by atoms with Gasteiger partial charge in [-0.25, -0.2) is 0 Å². The average Bonchev–Trinajstić information content (AvgIpc) is 3.25. The molecule has 4 aliphatic rings. The molecule has 4 rings (SSSR count). The van der Waals surface area contributed by atoms with Gasteiger partial charge in [0.25, 0.3) is 0 Å². The zero-order valence-electron chi connectivity index (χ0n) is 35.1. The summed E-state index contributed by atoms with van der Waals surface area (Å²) >= 11 is 0. The minimum absolute atomic E-state index is 0.752. The summed E-state index contributed by atoms with van der Waals surface area (Å²) in [4.78, 5) is 37.1. The molecule has 0 bridgehead atoms. The fourth-order valence-corrected chi connectivity index (χ4v) is 7.75. The fraction of sp³-hybridized carbons (Fsp3) is 0.917. The molecule has 3 amide bonds. The van der Waals surface area contributed by atoms with E-state index in [1.54, 1.807) is 0 Å². The number of hydrogen-bond acceptors (Lipinski definition) is 25. The first-order chi connectivity index (χ1) is 30.1. The van der Waals surface area contributed by atoms with Gasteiger partial charge in [-0.2, -0.15) is 0 Å². The van der Waals surface area contributed by atoms with Gasteiger partial charge in [-0.15, -0.1) is 0 Å². The second-order valence-corrected chi connectivity index (χ2v) is 15.9. The third-order valence-corrected chi connectivity index (χ3v) is 11.1. The number of carbonyl (C=O) groups is 3. The molecule has 372 valence electrons. The Balaban J connectivity index is 1.84. The molecule has 0 aromatic carbocycles. The summed E-state index contributed by atoms with van der Waals surface area (Å²) in [5.41, 5.74) is 0. The third kappa shape index (κ3) is 12.5. The summed E-state index contributed by atoms with van der Waals surface area (Å²) in [6, 6.07) is -4.97. The number of hydrogen-bond donors (Lipinski definition) is 17. The molecule has 0 radical (unpaired) electrons. The van der Waals surface area contributed by atoms with Gasteiger partial charge in [-0.05, 0) is 6.92 Å². The molecule has 4 heterocycles. The first kappa shape index (κ1) is 54.1. The topological polar surface area (TPSA) is 444 Å². The van der Waals surface area contributed by atoms with Crippen molar-refractivity contribution in [2.24, 2.45) is 0 Å². The Morgan fingerprint density at radius 1 is 0.531 bits per heavy atom. The van der Waals surface area contributed by atoms with Gasteiger partial charge in [-0.1, -0.05) is 0 Å². The summed E-state index contributed by atoms with van der Waals surface area (Å²) < 4.78 is 47.4. The Kier molecular flexibility index (Phi) is 20.3. The monoisotopic (exact) mass is 937 g/mol. The number of aliphatic hydroxyl groups excluding tert-OH is 14. The number of ether oxygens (including phenoxy) is 8. The lowest BCUT2D eigenvalue weighted by Crippen LogP contribution is -2.71. The molecule has 4 fully saturated rings. The van der Waals surface area contributed by atoms with Crippen LogP contribution in [0.5, 0.6) is 0 Å². The molecular formula is C36H63N3O25. The van der Waals surface area contributed by atoms with Crippen molar-refractivity contribution < 1.29 is 124 Å². The van der Waals surface area contributed by atoms with E-state index < -0.39 is 198 Å². The maximum absolute atomic E-state index is 12.8. The maximum atomic E-state index is 12.8. The summed E-state index contributed by atoms with van der Waals surface area (Å²) in [5.74, 6) is -2.38. The maximum Gasteiger partial charge on any atom is 0.217 e. The van der Waals surface area contributed by atoms with Crippen LogP contribution in [0.4, 0.5) is 0 Å². The van der Waals surface area contributed by atoms with Crippen LogP contribution >= 0.6 is 0 Å². The molecule has 4 saturated heterocycles. The van der Waals surface area contributed by atoms with Gasteiger partial charge in [-0.3, -0.25) is 14.4 Å². The molecule has 17 N–H and O–H groups in total. The molecule has 24 atom stereocenters. The van der Waals surface area contributed by atoms with Crippen molar-refractivity contribution in [2.75, 3.05) is 33.0 Å². The number of amides is 3. The third-order valence-electron chi connectivity index (χ3n) is 11.1. The van der Waals surface area contributed by atoms with Crippen molar-refractivity contribution in [2.45, 2.75) is 175 Å². The van der Waals surface area contributed by atoms with Crippen LogP contribution in [0.25, 0.3) is 0 Å². The van der Waals surface area contributed by atoms with Gasteiger partial charge in [0.05, 0.1) is 45.2 Å². The highest BCUT2D eigenvalue weighted by Gasteiger charge is 2.57. The standard InChI is InChI=1S/C36H63N3O25/c1-10-21(49)27(55)28(56)35(57-10)64-32-31(25(53)18(9-44)60-36(32)61-29(22(50)15(48)6-41)14(5-40)37-11(2)45)63-34-20(39-13(4)47)30(24(52)17(8-43)59-34)62-33-19(38-12(3)46)26(54)23(51)16(7-42)58-33/h10,14-36,40-44,48-56H,5-9H2,1-4H3,(H,37,45)(H,38,46)(H,39,47). The quantitative estimate of drug-likeness (QED) is 0.0572. The average molecular weight is 938 g/mol. The highest BCUT2D eigenvalue weighted by Crippen LogP contribution is 2.36. The smallest absolute Gasteiger partial charge is 0.217 e.